The highest BCUT2D eigenvalue weighted by Gasteiger charge is 2.31. The van der Waals surface area contributed by atoms with Crippen molar-refractivity contribution in [1.29, 1.82) is 0 Å². The van der Waals surface area contributed by atoms with Crippen molar-refractivity contribution in [2.24, 2.45) is 5.92 Å². The van der Waals surface area contributed by atoms with Crippen LogP contribution in [0.5, 0.6) is 0 Å². The smallest absolute Gasteiger partial charge is 0.358 e. The number of rotatable bonds is 3. The summed E-state index contributed by atoms with van der Waals surface area (Å²) in [6, 6.07) is 5.19. The molecular formula is C15H19F3N2O. The van der Waals surface area contributed by atoms with Gasteiger partial charge in [0.05, 0.1) is 11.6 Å². The zero-order valence-corrected chi connectivity index (χ0v) is 11.8. The van der Waals surface area contributed by atoms with Crippen molar-refractivity contribution >= 4 is 5.91 Å². The van der Waals surface area contributed by atoms with E-state index in [1.54, 1.807) is 13.1 Å². The first-order valence-electron chi connectivity index (χ1n) is 7.01. The quantitative estimate of drug-likeness (QED) is 0.900. The summed E-state index contributed by atoms with van der Waals surface area (Å²) in [7, 11) is 1.58. The highest BCUT2D eigenvalue weighted by Crippen LogP contribution is 2.30. The molecule has 0 aromatic heterocycles. The molecule has 0 bridgehead atoms. The second-order valence-corrected chi connectivity index (χ2v) is 5.41. The van der Waals surface area contributed by atoms with Crippen molar-refractivity contribution in [2.75, 3.05) is 13.6 Å². The van der Waals surface area contributed by atoms with Gasteiger partial charge in [0.15, 0.2) is 0 Å². The van der Waals surface area contributed by atoms with Crippen LogP contribution in [0.2, 0.25) is 0 Å². The molecule has 1 heterocycles. The van der Waals surface area contributed by atoms with Crippen LogP contribution in [0, 0.1) is 5.92 Å². The van der Waals surface area contributed by atoms with E-state index in [-0.39, 0.29) is 17.9 Å². The molecule has 1 aliphatic rings. The number of likely N-dealkylation sites (N-methyl/N-ethyl adjacent to an activating group) is 1. The first-order chi connectivity index (χ1) is 9.90. The molecule has 1 saturated heterocycles. The van der Waals surface area contributed by atoms with Crippen molar-refractivity contribution < 1.29 is 18.0 Å². The highest BCUT2D eigenvalue weighted by molar-refractivity contribution is 5.81. The average molecular weight is 300 g/mol. The minimum Gasteiger partial charge on any atom is -0.358 e. The van der Waals surface area contributed by atoms with E-state index < -0.39 is 11.7 Å². The summed E-state index contributed by atoms with van der Waals surface area (Å²) in [6.45, 7) is 0.710. The predicted octanol–water partition coefficient (Wildman–Crippen LogP) is 2.36. The molecule has 1 fully saturated rings. The number of carbonyl (C=O) groups is 1. The van der Waals surface area contributed by atoms with Crippen LogP contribution in [0.4, 0.5) is 13.2 Å². The molecular weight excluding hydrogens is 281 g/mol. The van der Waals surface area contributed by atoms with Crippen LogP contribution in [-0.2, 0) is 17.4 Å². The van der Waals surface area contributed by atoms with Crippen LogP contribution < -0.4 is 10.6 Å². The van der Waals surface area contributed by atoms with E-state index in [1.807, 2.05) is 0 Å². The standard InChI is InChI=1S/C15H19F3N2O/c1-19-14(21)13-9-11(5-6-20-13)7-10-3-2-4-12(8-10)15(16,17)18/h2-4,8,11,13,20H,5-7,9H2,1H3,(H,19,21). The molecule has 116 valence electrons. The van der Waals surface area contributed by atoms with E-state index in [4.69, 9.17) is 0 Å². The first-order valence-corrected chi connectivity index (χ1v) is 7.01. The van der Waals surface area contributed by atoms with E-state index >= 15 is 0 Å². The van der Waals surface area contributed by atoms with Crippen molar-refractivity contribution in [3.8, 4) is 0 Å². The molecule has 0 saturated carbocycles. The minimum absolute atomic E-state index is 0.0660. The van der Waals surface area contributed by atoms with Gasteiger partial charge in [-0.05, 0) is 43.4 Å². The second kappa shape index (κ2) is 6.47. The van der Waals surface area contributed by atoms with Crippen LogP contribution in [0.3, 0.4) is 0 Å². The normalized spacial score (nSPS) is 22.9. The Morgan fingerprint density at radius 1 is 1.43 bits per heavy atom. The monoisotopic (exact) mass is 300 g/mol. The van der Waals surface area contributed by atoms with E-state index in [9.17, 15) is 18.0 Å². The number of piperidine rings is 1. The number of hydrogen-bond donors (Lipinski definition) is 2. The average Bonchev–Trinajstić information content (AvgIpc) is 2.46. The Bertz CT molecular complexity index is 502. The fourth-order valence-electron chi connectivity index (χ4n) is 2.76. The molecule has 3 nitrogen and oxygen atoms in total. The second-order valence-electron chi connectivity index (χ2n) is 5.41. The lowest BCUT2D eigenvalue weighted by Crippen LogP contribution is -2.48. The Kier molecular flexibility index (Phi) is 4.88. The summed E-state index contributed by atoms with van der Waals surface area (Å²) in [6.07, 6.45) is -2.23. The van der Waals surface area contributed by atoms with E-state index in [2.05, 4.69) is 10.6 Å². The number of nitrogens with one attached hydrogen (secondary N) is 2. The lowest BCUT2D eigenvalue weighted by Gasteiger charge is -2.29. The number of benzene rings is 1. The number of halogens is 3. The molecule has 6 heteroatoms. The lowest BCUT2D eigenvalue weighted by molar-refractivity contribution is -0.137. The van der Waals surface area contributed by atoms with Gasteiger partial charge >= 0.3 is 6.18 Å². The zero-order chi connectivity index (χ0) is 15.5. The Morgan fingerprint density at radius 2 is 2.19 bits per heavy atom. The van der Waals surface area contributed by atoms with Gasteiger partial charge < -0.3 is 10.6 Å². The SMILES string of the molecule is CNC(=O)C1CC(Cc2cccc(C(F)(F)F)c2)CCN1. The Labute approximate surface area is 121 Å². The molecule has 0 radical (unpaired) electrons. The van der Waals surface area contributed by atoms with Gasteiger partial charge in [0.25, 0.3) is 0 Å². The van der Waals surface area contributed by atoms with Gasteiger partial charge in [-0.25, -0.2) is 0 Å². The van der Waals surface area contributed by atoms with Gasteiger partial charge in [-0.2, -0.15) is 13.2 Å². The molecule has 2 N–H and O–H groups in total. The summed E-state index contributed by atoms with van der Waals surface area (Å²) in [4.78, 5) is 11.6. The van der Waals surface area contributed by atoms with Crippen LogP contribution >= 0.6 is 0 Å². The van der Waals surface area contributed by atoms with Gasteiger partial charge in [0.1, 0.15) is 0 Å². The van der Waals surface area contributed by atoms with Gasteiger partial charge in [-0.15, -0.1) is 0 Å². The van der Waals surface area contributed by atoms with Crippen molar-refractivity contribution in [1.82, 2.24) is 10.6 Å². The molecule has 1 aromatic carbocycles. The van der Waals surface area contributed by atoms with Crippen molar-refractivity contribution in [3.05, 3.63) is 35.4 Å². The van der Waals surface area contributed by atoms with Gasteiger partial charge in [-0.1, -0.05) is 18.2 Å². The van der Waals surface area contributed by atoms with E-state index in [1.165, 1.54) is 12.1 Å². The number of carbonyl (C=O) groups excluding carboxylic acids is 1. The summed E-state index contributed by atoms with van der Waals surface area (Å²) in [5.74, 6) is 0.153. The molecule has 2 unspecified atom stereocenters. The minimum atomic E-state index is -4.31. The largest absolute Gasteiger partial charge is 0.416 e. The predicted molar refractivity (Wildman–Crippen MR) is 73.7 cm³/mol. The highest BCUT2D eigenvalue weighted by atomic mass is 19.4. The molecule has 2 rings (SSSR count). The number of hydrogen-bond acceptors (Lipinski definition) is 2. The Morgan fingerprint density at radius 3 is 2.86 bits per heavy atom. The van der Waals surface area contributed by atoms with Crippen molar-refractivity contribution in [2.45, 2.75) is 31.5 Å². The zero-order valence-electron chi connectivity index (χ0n) is 11.8. The summed E-state index contributed by atoms with van der Waals surface area (Å²) in [5.41, 5.74) is 0.0594. The summed E-state index contributed by atoms with van der Waals surface area (Å²) < 4.78 is 38.1. The molecule has 1 aliphatic heterocycles. The third-order valence-corrected chi connectivity index (χ3v) is 3.85. The van der Waals surface area contributed by atoms with Crippen LogP contribution in [-0.4, -0.2) is 25.5 Å². The van der Waals surface area contributed by atoms with Gasteiger partial charge in [0, 0.05) is 7.05 Å². The Balaban J connectivity index is 2.03. The fraction of sp³-hybridized carbons (Fsp3) is 0.533. The maximum absolute atomic E-state index is 12.7. The number of alkyl halides is 3. The summed E-state index contributed by atoms with van der Waals surface area (Å²) in [5, 5.41) is 5.73. The third-order valence-electron chi connectivity index (χ3n) is 3.85. The molecule has 0 aliphatic carbocycles. The van der Waals surface area contributed by atoms with Crippen LogP contribution in [0.1, 0.15) is 24.0 Å². The molecule has 21 heavy (non-hydrogen) atoms. The van der Waals surface area contributed by atoms with Crippen LogP contribution in [0.25, 0.3) is 0 Å². The molecule has 1 amide bonds. The number of amides is 1. The first kappa shape index (κ1) is 15.8. The van der Waals surface area contributed by atoms with Crippen molar-refractivity contribution in [3.63, 3.8) is 0 Å². The topological polar surface area (TPSA) is 41.1 Å². The molecule has 1 aromatic rings. The summed E-state index contributed by atoms with van der Waals surface area (Å²) >= 11 is 0. The van der Waals surface area contributed by atoms with E-state index in [0.717, 1.165) is 12.5 Å². The maximum Gasteiger partial charge on any atom is 0.416 e. The lowest BCUT2D eigenvalue weighted by atomic mass is 9.86. The molecule has 2 atom stereocenters. The van der Waals surface area contributed by atoms with Crippen LogP contribution in [0.15, 0.2) is 24.3 Å². The maximum atomic E-state index is 12.7. The van der Waals surface area contributed by atoms with E-state index in [0.29, 0.717) is 24.9 Å². The van der Waals surface area contributed by atoms with Gasteiger partial charge in [-0.3, -0.25) is 4.79 Å². The fourth-order valence-corrected chi connectivity index (χ4v) is 2.76. The molecule has 0 spiro atoms. The Hall–Kier alpha value is -1.56. The van der Waals surface area contributed by atoms with Gasteiger partial charge in [0.2, 0.25) is 5.91 Å². The third kappa shape index (κ3) is 4.20.